The zero-order chi connectivity index (χ0) is 18.0. The van der Waals surface area contributed by atoms with Crippen LogP contribution in [0.1, 0.15) is 25.0 Å². The number of hydrogen-bond acceptors (Lipinski definition) is 3. The molecule has 0 aromatic heterocycles. The number of phenols is 1. The van der Waals surface area contributed by atoms with Crippen LogP contribution in [-0.2, 0) is 12.8 Å². The molecule has 0 spiro atoms. The summed E-state index contributed by atoms with van der Waals surface area (Å²) in [7, 11) is 3.32. The van der Waals surface area contributed by atoms with Crippen LogP contribution in [0.15, 0.2) is 42.5 Å². The minimum absolute atomic E-state index is 0.373. The van der Waals surface area contributed by atoms with Gasteiger partial charge in [-0.05, 0) is 65.3 Å². The first-order chi connectivity index (χ1) is 12.2. The third kappa shape index (κ3) is 2.91. The fourth-order valence-electron chi connectivity index (χ4n) is 3.45. The highest BCUT2D eigenvalue weighted by Crippen LogP contribution is 2.43. The molecule has 3 aromatic rings. The molecule has 0 unspecified atom stereocenters. The van der Waals surface area contributed by atoms with Gasteiger partial charge in [0.1, 0.15) is 17.2 Å². The van der Waals surface area contributed by atoms with Crippen molar-refractivity contribution in [2.45, 2.75) is 26.7 Å². The van der Waals surface area contributed by atoms with Gasteiger partial charge in [-0.25, -0.2) is 0 Å². The molecule has 3 nitrogen and oxygen atoms in total. The molecule has 4 rings (SSSR count). The zero-order valence-corrected chi connectivity index (χ0v) is 15.2. The molecular formula is C22H24O3. The first kappa shape index (κ1) is 17.2. The van der Waals surface area contributed by atoms with E-state index < -0.39 is 0 Å². The Morgan fingerprint density at radius 1 is 0.800 bits per heavy atom. The molecule has 0 fully saturated rings. The fourth-order valence-corrected chi connectivity index (χ4v) is 3.45. The third-order valence-electron chi connectivity index (χ3n) is 4.67. The summed E-state index contributed by atoms with van der Waals surface area (Å²) < 4.78 is 10.6. The van der Waals surface area contributed by atoms with Gasteiger partial charge in [-0.15, -0.1) is 0 Å². The molecule has 25 heavy (non-hydrogen) atoms. The van der Waals surface area contributed by atoms with E-state index >= 15 is 0 Å². The lowest BCUT2D eigenvalue weighted by atomic mass is 9.83. The van der Waals surface area contributed by atoms with E-state index in [0.717, 1.165) is 46.2 Å². The largest absolute Gasteiger partial charge is 0.507 e. The van der Waals surface area contributed by atoms with E-state index in [1.54, 1.807) is 14.2 Å². The summed E-state index contributed by atoms with van der Waals surface area (Å²) in [5.74, 6) is 2.01. The molecule has 0 atom stereocenters. The van der Waals surface area contributed by atoms with Crippen LogP contribution in [-0.4, -0.2) is 19.3 Å². The highest BCUT2D eigenvalue weighted by Gasteiger charge is 2.21. The lowest BCUT2D eigenvalue weighted by Gasteiger charge is -2.22. The van der Waals surface area contributed by atoms with Gasteiger partial charge in [-0.2, -0.15) is 0 Å². The minimum atomic E-state index is 0.373. The quantitative estimate of drug-likeness (QED) is 0.685. The van der Waals surface area contributed by atoms with Crippen molar-refractivity contribution >= 4 is 10.8 Å². The number of aryl methyl sites for hydroxylation is 1. The fraction of sp³-hybridized carbons (Fsp3) is 0.273. The molecule has 1 aliphatic rings. The van der Waals surface area contributed by atoms with Crippen molar-refractivity contribution in [3.05, 3.63) is 53.6 Å². The number of aromatic hydroxyl groups is 1. The number of fused-ring (bicyclic) bond motifs is 4. The summed E-state index contributed by atoms with van der Waals surface area (Å²) in [6, 6.07) is 14.1. The zero-order valence-electron chi connectivity index (χ0n) is 15.2. The summed E-state index contributed by atoms with van der Waals surface area (Å²) >= 11 is 0. The predicted octanol–water partition coefficient (Wildman–Crippen LogP) is 5.35. The van der Waals surface area contributed by atoms with Crippen LogP contribution in [0, 0.1) is 0 Å². The minimum Gasteiger partial charge on any atom is -0.507 e. The van der Waals surface area contributed by atoms with Crippen LogP contribution in [0.2, 0.25) is 0 Å². The maximum atomic E-state index is 10.8. The van der Waals surface area contributed by atoms with Gasteiger partial charge in [0.25, 0.3) is 0 Å². The molecule has 0 saturated heterocycles. The number of hydrogen-bond donors (Lipinski definition) is 1. The summed E-state index contributed by atoms with van der Waals surface area (Å²) in [6.07, 6.45) is 1.73. The molecule has 130 valence electrons. The molecule has 1 aliphatic carbocycles. The molecule has 0 heterocycles. The van der Waals surface area contributed by atoms with Crippen molar-refractivity contribution in [3.8, 4) is 28.4 Å². The normalized spacial score (nSPS) is 11.8. The Labute approximate surface area is 148 Å². The van der Waals surface area contributed by atoms with Gasteiger partial charge in [-0.1, -0.05) is 26.0 Å². The molecule has 0 aliphatic heterocycles. The van der Waals surface area contributed by atoms with Gasteiger partial charge < -0.3 is 14.6 Å². The van der Waals surface area contributed by atoms with E-state index in [9.17, 15) is 5.11 Å². The van der Waals surface area contributed by atoms with Crippen molar-refractivity contribution in [1.29, 1.82) is 0 Å². The monoisotopic (exact) mass is 336 g/mol. The molecule has 0 saturated carbocycles. The highest BCUT2D eigenvalue weighted by molar-refractivity contribution is 5.96. The molecule has 3 heteroatoms. The Morgan fingerprint density at radius 2 is 1.48 bits per heavy atom. The average molecular weight is 336 g/mol. The van der Waals surface area contributed by atoms with E-state index in [4.69, 9.17) is 9.47 Å². The van der Waals surface area contributed by atoms with Crippen molar-refractivity contribution in [2.75, 3.05) is 14.2 Å². The lowest BCUT2D eigenvalue weighted by Crippen LogP contribution is -2.05. The standard InChI is InChI=1S/C20H18O3.C2H6/c1-22-14-6-8-16-12(9-14)4-7-17-19(16)10-13-3-5-15(23-2)11-18(13)20(17)21;1-2/h3,5-6,8-11,21H,4,7H2,1-2H3;1-2H3. The highest BCUT2D eigenvalue weighted by atomic mass is 16.5. The second-order valence-corrected chi connectivity index (χ2v) is 5.86. The topological polar surface area (TPSA) is 38.7 Å². The molecule has 0 amide bonds. The molecule has 3 aromatic carbocycles. The van der Waals surface area contributed by atoms with Crippen LogP contribution in [0.25, 0.3) is 21.9 Å². The van der Waals surface area contributed by atoms with E-state index in [1.807, 2.05) is 38.1 Å². The molecule has 0 bridgehead atoms. The van der Waals surface area contributed by atoms with Crippen LogP contribution in [0.4, 0.5) is 0 Å². The van der Waals surface area contributed by atoms with Crippen molar-refractivity contribution in [3.63, 3.8) is 0 Å². The first-order valence-corrected chi connectivity index (χ1v) is 8.71. The Balaban J connectivity index is 0.000000880. The maximum absolute atomic E-state index is 10.8. The van der Waals surface area contributed by atoms with Crippen molar-refractivity contribution in [2.24, 2.45) is 0 Å². The predicted molar refractivity (Wildman–Crippen MR) is 103 cm³/mol. The Hall–Kier alpha value is -2.68. The van der Waals surface area contributed by atoms with Gasteiger partial charge in [0, 0.05) is 10.9 Å². The second kappa shape index (κ2) is 7.06. The van der Waals surface area contributed by atoms with Gasteiger partial charge >= 0.3 is 0 Å². The molecule has 1 N–H and O–H groups in total. The van der Waals surface area contributed by atoms with Gasteiger partial charge in [0.2, 0.25) is 0 Å². The SMILES string of the molecule is CC.COc1ccc2c(c1)CCc1c-2cc2ccc(OC)cc2c1O. The Kier molecular flexibility index (Phi) is 4.84. The summed E-state index contributed by atoms with van der Waals surface area (Å²) in [6.45, 7) is 4.00. The van der Waals surface area contributed by atoms with Gasteiger partial charge in [0.05, 0.1) is 14.2 Å². The van der Waals surface area contributed by atoms with Crippen molar-refractivity contribution < 1.29 is 14.6 Å². The third-order valence-corrected chi connectivity index (χ3v) is 4.67. The number of ether oxygens (including phenoxy) is 2. The van der Waals surface area contributed by atoms with E-state index in [1.165, 1.54) is 11.1 Å². The Bertz CT molecular complexity index is 913. The van der Waals surface area contributed by atoms with Crippen LogP contribution in [0.5, 0.6) is 17.2 Å². The van der Waals surface area contributed by atoms with E-state index in [-0.39, 0.29) is 0 Å². The number of rotatable bonds is 2. The van der Waals surface area contributed by atoms with Crippen LogP contribution < -0.4 is 9.47 Å². The van der Waals surface area contributed by atoms with Gasteiger partial charge in [-0.3, -0.25) is 0 Å². The second-order valence-electron chi connectivity index (χ2n) is 5.86. The molecular weight excluding hydrogens is 312 g/mol. The Morgan fingerprint density at radius 3 is 2.20 bits per heavy atom. The van der Waals surface area contributed by atoms with E-state index in [2.05, 4.69) is 18.2 Å². The van der Waals surface area contributed by atoms with Crippen molar-refractivity contribution in [1.82, 2.24) is 0 Å². The van der Waals surface area contributed by atoms with Crippen LogP contribution >= 0.6 is 0 Å². The average Bonchev–Trinajstić information content (AvgIpc) is 2.68. The first-order valence-electron chi connectivity index (χ1n) is 8.71. The van der Waals surface area contributed by atoms with Crippen LogP contribution in [0.3, 0.4) is 0 Å². The summed E-state index contributed by atoms with van der Waals surface area (Å²) in [5.41, 5.74) is 4.58. The maximum Gasteiger partial charge on any atom is 0.127 e. The number of methoxy groups -OCH3 is 2. The molecule has 0 radical (unpaired) electrons. The number of benzene rings is 3. The lowest BCUT2D eigenvalue weighted by molar-refractivity contribution is 0.414. The number of phenolic OH excluding ortho intramolecular Hbond substituents is 1. The summed E-state index contributed by atoms with van der Waals surface area (Å²) in [4.78, 5) is 0. The summed E-state index contributed by atoms with van der Waals surface area (Å²) in [5, 5.41) is 12.6. The van der Waals surface area contributed by atoms with Gasteiger partial charge in [0.15, 0.2) is 0 Å². The smallest absolute Gasteiger partial charge is 0.127 e. The van der Waals surface area contributed by atoms with E-state index in [0.29, 0.717) is 5.75 Å².